The van der Waals surface area contributed by atoms with Gasteiger partial charge in [0.1, 0.15) is 5.82 Å². The molecule has 0 atom stereocenters. The molecule has 0 radical (unpaired) electrons. The highest BCUT2D eigenvalue weighted by atomic mass is 35.5. The standard InChI is InChI=1S/C12H11ClN2/c13-9-10-4-3-5-11(8-10)15-12-6-1-2-7-14-12/h1-8H,9H2,(H,14,15). The zero-order chi connectivity index (χ0) is 10.5. The maximum absolute atomic E-state index is 5.76. The van der Waals surface area contributed by atoms with E-state index in [1.54, 1.807) is 6.20 Å². The summed E-state index contributed by atoms with van der Waals surface area (Å²) in [7, 11) is 0. The zero-order valence-corrected chi connectivity index (χ0v) is 8.91. The van der Waals surface area contributed by atoms with E-state index in [1.807, 2.05) is 42.5 Å². The van der Waals surface area contributed by atoms with Crippen LogP contribution in [-0.4, -0.2) is 4.98 Å². The molecule has 1 N–H and O–H groups in total. The smallest absolute Gasteiger partial charge is 0.130 e. The Balaban J connectivity index is 2.17. The first kappa shape index (κ1) is 9.99. The number of pyridine rings is 1. The number of nitrogens with zero attached hydrogens (tertiary/aromatic N) is 1. The summed E-state index contributed by atoms with van der Waals surface area (Å²) in [6.07, 6.45) is 1.76. The molecule has 0 unspecified atom stereocenters. The minimum absolute atomic E-state index is 0.526. The minimum atomic E-state index is 0.526. The van der Waals surface area contributed by atoms with E-state index in [-0.39, 0.29) is 0 Å². The van der Waals surface area contributed by atoms with Gasteiger partial charge in [0.2, 0.25) is 0 Å². The summed E-state index contributed by atoms with van der Waals surface area (Å²) in [6, 6.07) is 13.7. The minimum Gasteiger partial charge on any atom is -0.340 e. The Morgan fingerprint density at radius 1 is 1.13 bits per heavy atom. The second-order valence-electron chi connectivity index (χ2n) is 3.17. The Hall–Kier alpha value is -1.54. The lowest BCUT2D eigenvalue weighted by molar-refractivity contribution is 1.30. The summed E-state index contributed by atoms with van der Waals surface area (Å²) in [4.78, 5) is 4.19. The van der Waals surface area contributed by atoms with Gasteiger partial charge in [-0.15, -0.1) is 11.6 Å². The Labute approximate surface area is 93.9 Å². The van der Waals surface area contributed by atoms with Crippen LogP contribution in [0.3, 0.4) is 0 Å². The molecular weight excluding hydrogens is 208 g/mol. The quantitative estimate of drug-likeness (QED) is 0.797. The van der Waals surface area contributed by atoms with E-state index in [0.29, 0.717) is 5.88 Å². The third-order valence-electron chi connectivity index (χ3n) is 2.02. The van der Waals surface area contributed by atoms with Gasteiger partial charge in [0, 0.05) is 17.8 Å². The number of hydrogen-bond donors (Lipinski definition) is 1. The van der Waals surface area contributed by atoms with Crippen LogP contribution in [0.4, 0.5) is 11.5 Å². The van der Waals surface area contributed by atoms with E-state index in [0.717, 1.165) is 17.1 Å². The molecule has 0 spiro atoms. The normalized spacial score (nSPS) is 9.93. The molecule has 1 aromatic heterocycles. The third kappa shape index (κ3) is 2.70. The molecule has 0 bridgehead atoms. The SMILES string of the molecule is ClCc1cccc(Nc2ccccn2)c1. The first-order valence-electron chi connectivity index (χ1n) is 4.71. The summed E-state index contributed by atoms with van der Waals surface area (Å²) in [6.45, 7) is 0. The van der Waals surface area contributed by atoms with Crippen LogP contribution in [-0.2, 0) is 5.88 Å². The number of hydrogen-bond acceptors (Lipinski definition) is 2. The summed E-state index contributed by atoms with van der Waals surface area (Å²) in [5, 5.41) is 3.21. The van der Waals surface area contributed by atoms with E-state index in [1.165, 1.54) is 0 Å². The average Bonchev–Trinajstić information content (AvgIpc) is 2.31. The van der Waals surface area contributed by atoms with E-state index >= 15 is 0 Å². The van der Waals surface area contributed by atoms with Gasteiger partial charge in [-0.2, -0.15) is 0 Å². The van der Waals surface area contributed by atoms with E-state index < -0.39 is 0 Å². The van der Waals surface area contributed by atoms with Crippen molar-refractivity contribution in [3.63, 3.8) is 0 Å². The van der Waals surface area contributed by atoms with Crippen molar-refractivity contribution in [3.8, 4) is 0 Å². The Morgan fingerprint density at radius 2 is 2.07 bits per heavy atom. The average molecular weight is 219 g/mol. The van der Waals surface area contributed by atoms with Crippen molar-refractivity contribution >= 4 is 23.1 Å². The van der Waals surface area contributed by atoms with Gasteiger partial charge in [0.25, 0.3) is 0 Å². The number of benzene rings is 1. The predicted molar refractivity (Wildman–Crippen MR) is 63.5 cm³/mol. The zero-order valence-electron chi connectivity index (χ0n) is 8.15. The first-order valence-corrected chi connectivity index (χ1v) is 5.25. The van der Waals surface area contributed by atoms with Gasteiger partial charge < -0.3 is 5.32 Å². The van der Waals surface area contributed by atoms with Gasteiger partial charge >= 0.3 is 0 Å². The molecule has 15 heavy (non-hydrogen) atoms. The molecule has 0 amide bonds. The van der Waals surface area contributed by atoms with Crippen LogP contribution in [0.15, 0.2) is 48.7 Å². The van der Waals surface area contributed by atoms with Crippen LogP contribution in [0.1, 0.15) is 5.56 Å². The number of anilines is 2. The lowest BCUT2D eigenvalue weighted by Gasteiger charge is -2.05. The van der Waals surface area contributed by atoms with Gasteiger partial charge in [0.15, 0.2) is 0 Å². The maximum atomic E-state index is 5.76. The fourth-order valence-corrected chi connectivity index (χ4v) is 1.48. The fraction of sp³-hybridized carbons (Fsp3) is 0.0833. The third-order valence-corrected chi connectivity index (χ3v) is 2.33. The molecule has 0 fully saturated rings. The van der Waals surface area contributed by atoms with Crippen molar-refractivity contribution < 1.29 is 0 Å². The maximum Gasteiger partial charge on any atom is 0.130 e. The van der Waals surface area contributed by atoms with Crippen molar-refractivity contribution in [2.24, 2.45) is 0 Å². The molecule has 0 saturated carbocycles. The topological polar surface area (TPSA) is 24.9 Å². The molecule has 0 aliphatic heterocycles. The molecule has 0 aliphatic carbocycles. The monoisotopic (exact) mass is 218 g/mol. The van der Waals surface area contributed by atoms with Crippen LogP contribution in [0.2, 0.25) is 0 Å². The van der Waals surface area contributed by atoms with Crippen LogP contribution < -0.4 is 5.32 Å². The molecular formula is C12H11ClN2. The Kier molecular flexibility index (Phi) is 3.20. The van der Waals surface area contributed by atoms with Gasteiger partial charge in [-0.1, -0.05) is 18.2 Å². The van der Waals surface area contributed by atoms with Gasteiger partial charge in [-0.05, 0) is 29.8 Å². The lowest BCUT2D eigenvalue weighted by atomic mass is 10.2. The van der Waals surface area contributed by atoms with E-state index in [9.17, 15) is 0 Å². The van der Waals surface area contributed by atoms with Crippen LogP contribution in [0.5, 0.6) is 0 Å². The van der Waals surface area contributed by atoms with Crippen LogP contribution in [0.25, 0.3) is 0 Å². The molecule has 0 saturated heterocycles. The van der Waals surface area contributed by atoms with Crippen molar-refractivity contribution in [1.82, 2.24) is 4.98 Å². The molecule has 2 nitrogen and oxygen atoms in total. The fourth-order valence-electron chi connectivity index (χ4n) is 1.32. The van der Waals surface area contributed by atoms with Gasteiger partial charge in [-0.3, -0.25) is 0 Å². The number of halogens is 1. The molecule has 1 heterocycles. The number of nitrogens with one attached hydrogen (secondary N) is 1. The number of aromatic nitrogens is 1. The van der Waals surface area contributed by atoms with Crippen molar-refractivity contribution in [3.05, 3.63) is 54.2 Å². The number of alkyl halides is 1. The molecule has 0 aliphatic rings. The van der Waals surface area contributed by atoms with Crippen LogP contribution in [0, 0.1) is 0 Å². The highest BCUT2D eigenvalue weighted by molar-refractivity contribution is 6.17. The summed E-state index contributed by atoms with van der Waals surface area (Å²) < 4.78 is 0. The van der Waals surface area contributed by atoms with Gasteiger partial charge in [-0.25, -0.2) is 4.98 Å². The molecule has 76 valence electrons. The van der Waals surface area contributed by atoms with Gasteiger partial charge in [0.05, 0.1) is 0 Å². The Morgan fingerprint density at radius 3 is 2.80 bits per heavy atom. The largest absolute Gasteiger partial charge is 0.340 e. The second kappa shape index (κ2) is 4.80. The van der Waals surface area contributed by atoms with E-state index in [4.69, 9.17) is 11.6 Å². The van der Waals surface area contributed by atoms with Crippen molar-refractivity contribution in [2.45, 2.75) is 5.88 Å². The molecule has 2 rings (SSSR count). The number of rotatable bonds is 3. The molecule has 2 aromatic rings. The summed E-state index contributed by atoms with van der Waals surface area (Å²) in [5.41, 5.74) is 2.10. The molecule has 1 aromatic carbocycles. The predicted octanol–water partition coefficient (Wildman–Crippen LogP) is 3.56. The lowest BCUT2D eigenvalue weighted by Crippen LogP contribution is -1.92. The summed E-state index contributed by atoms with van der Waals surface area (Å²) in [5.74, 6) is 1.36. The first-order chi connectivity index (χ1) is 7.38. The highest BCUT2D eigenvalue weighted by Gasteiger charge is 1.95. The van der Waals surface area contributed by atoms with Crippen molar-refractivity contribution in [2.75, 3.05) is 5.32 Å². The van der Waals surface area contributed by atoms with E-state index in [2.05, 4.69) is 10.3 Å². The Bertz CT molecular complexity index is 429. The highest BCUT2D eigenvalue weighted by Crippen LogP contribution is 2.16. The van der Waals surface area contributed by atoms with Crippen molar-refractivity contribution in [1.29, 1.82) is 0 Å². The summed E-state index contributed by atoms with van der Waals surface area (Å²) >= 11 is 5.76. The molecule has 3 heteroatoms. The second-order valence-corrected chi connectivity index (χ2v) is 3.44. The van der Waals surface area contributed by atoms with Crippen LogP contribution >= 0.6 is 11.6 Å².